The van der Waals surface area contributed by atoms with Crippen molar-refractivity contribution in [2.75, 3.05) is 5.75 Å². The molecule has 0 aromatic heterocycles. The summed E-state index contributed by atoms with van der Waals surface area (Å²) < 4.78 is 0. The van der Waals surface area contributed by atoms with E-state index in [1.165, 1.54) is 0 Å². The maximum absolute atomic E-state index is 11.4. The van der Waals surface area contributed by atoms with Crippen LogP contribution in [0.2, 0.25) is 0 Å². The van der Waals surface area contributed by atoms with Crippen molar-refractivity contribution < 1.29 is 24.6 Å². The number of carboxylic acid groups (broad SMARTS) is 2. The van der Waals surface area contributed by atoms with Gasteiger partial charge in [-0.3, -0.25) is 4.79 Å². The van der Waals surface area contributed by atoms with Crippen LogP contribution >= 0.6 is 11.8 Å². The normalized spacial score (nSPS) is 34.3. The Morgan fingerprint density at radius 1 is 1.47 bits per heavy atom. The van der Waals surface area contributed by atoms with Gasteiger partial charge in [0.1, 0.15) is 4.87 Å². The molecule has 0 radical (unpaired) electrons. The minimum Gasteiger partial charge on any atom is -0.548 e. The second-order valence-corrected chi connectivity index (χ2v) is 4.78. The molecule has 2 heterocycles. The van der Waals surface area contributed by atoms with E-state index in [4.69, 9.17) is 0 Å². The molecule has 2 fully saturated rings. The molecule has 2 rings (SSSR count). The van der Waals surface area contributed by atoms with Gasteiger partial charge in [0.25, 0.3) is 0 Å². The molecule has 0 unspecified atom stereocenters. The first-order valence-corrected chi connectivity index (χ1v) is 5.36. The summed E-state index contributed by atoms with van der Waals surface area (Å²) in [5.41, 5.74) is 0. The molecule has 0 aromatic rings. The van der Waals surface area contributed by atoms with Crippen LogP contribution in [0, 0.1) is 0 Å². The lowest BCUT2D eigenvalue weighted by Gasteiger charge is -2.34. The molecule has 0 saturated carbocycles. The number of aliphatic carboxylic acids is 2. The Morgan fingerprint density at radius 3 is 2.67 bits per heavy atom. The van der Waals surface area contributed by atoms with Crippen LogP contribution in [0.1, 0.15) is 12.8 Å². The van der Waals surface area contributed by atoms with Crippen molar-refractivity contribution in [3.8, 4) is 0 Å². The Morgan fingerprint density at radius 2 is 2.13 bits per heavy atom. The molecule has 0 aliphatic carbocycles. The lowest BCUT2D eigenvalue weighted by atomic mass is 10.2. The van der Waals surface area contributed by atoms with Gasteiger partial charge >= 0.3 is 0 Å². The van der Waals surface area contributed by atoms with E-state index in [0.717, 1.165) is 16.7 Å². The van der Waals surface area contributed by atoms with Crippen LogP contribution in [0.4, 0.5) is 0 Å². The molecular weight excluding hydrogens is 222 g/mol. The topological polar surface area (TPSA) is 101 Å². The smallest absolute Gasteiger partial charge is 0.224 e. The monoisotopic (exact) mass is 229 g/mol. The molecule has 2 atom stereocenters. The number of thioether (sulfide) groups is 1. The van der Waals surface area contributed by atoms with Crippen LogP contribution in [-0.2, 0) is 14.4 Å². The van der Waals surface area contributed by atoms with E-state index in [0.29, 0.717) is 0 Å². The van der Waals surface area contributed by atoms with E-state index in [-0.39, 0.29) is 18.6 Å². The van der Waals surface area contributed by atoms with Crippen molar-refractivity contribution in [3.05, 3.63) is 0 Å². The fourth-order valence-corrected chi connectivity index (χ4v) is 3.46. The Labute approximate surface area is 89.2 Å². The van der Waals surface area contributed by atoms with Crippen molar-refractivity contribution in [2.45, 2.75) is 23.8 Å². The highest BCUT2D eigenvalue weighted by molar-refractivity contribution is 8.01. The number of carbonyl (C=O) groups excluding carboxylic acids is 3. The fraction of sp³-hybridized carbons (Fsp3) is 0.625. The van der Waals surface area contributed by atoms with E-state index in [1.807, 2.05) is 0 Å². The van der Waals surface area contributed by atoms with E-state index >= 15 is 0 Å². The zero-order chi connectivity index (χ0) is 11.2. The second-order valence-electron chi connectivity index (χ2n) is 3.48. The predicted molar refractivity (Wildman–Crippen MR) is 45.1 cm³/mol. The Hall–Kier alpha value is -1.24. The van der Waals surface area contributed by atoms with Crippen LogP contribution in [0.25, 0.3) is 0 Å². The zero-order valence-electron chi connectivity index (χ0n) is 7.60. The number of rotatable bonds is 2. The number of nitrogens with zero attached hydrogens (tertiary/aromatic N) is 1. The van der Waals surface area contributed by atoms with Gasteiger partial charge in [0.05, 0.1) is 18.0 Å². The first-order valence-electron chi connectivity index (χ1n) is 4.37. The Balaban J connectivity index is 2.39. The maximum atomic E-state index is 11.4. The molecule has 0 aromatic carbocycles. The Bertz CT molecular complexity index is 357. The van der Waals surface area contributed by atoms with Crippen molar-refractivity contribution >= 4 is 29.6 Å². The number of carboxylic acids is 2. The van der Waals surface area contributed by atoms with Gasteiger partial charge in [-0.1, -0.05) is 0 Å². The van der Waals surface area contributed by atoms with E-state index in [1.54, 1.807) is 0 Å². The highest BCUT2D eigenvalue weighted by Crippen LogP contribution is 2.47. The number of hydrogen-bond acceptors (Lipinski definition) is 6. The van der Waals surface area contributed by atoms with Gasteiger partial charge in [-0.2, -0.15) is 0 Å². The van der Waals surface area contributed by atoms with Crippen molar-refractivity contribution in [1.29, 1.82) is 0 Å². The van der Waals surface area contributed by atoms with Gasteiger partial charge in [-0.25, -0.2) is 0 Å². The zero-order valence-corrected chi connectivity index (χ0v) is 8.41. The summed E-state index contributed by atoms with van der Waals surface area (Å²) in [6.45, 7) is 0. The van der Waals surface area contributed by atoms with E-state index < -0.39 is 28.8 Å². The molecular formula is C8H7NO5S-2. The summed E-state index contributed by atoms with van der Waals surface area (Å²) in [5, 5.41) is 21.7. The lowest BCUT2D eigenvalue weighted by Crippen LogP contribution is -2.58. The second kappa shape index (κ2) is 3.13. The highest BCUT2D eigenvalue weighted by atomic mass is 32.2. The summed E-state index contributed by atoms with van der Waals surface area (Å²) >= 11 is 0.931. The highest BCUT2D eigenvalue weighted by Gasteiger charge is 2.55. The van der Waals surface area contributed by atoms with Crippen molar-refractivity contribution in [3.63, 3.8) is 0 Å². The number of amides is 1. The molecule has 0 N–H and O–H groups in total. The van der Waals surface area contributed by atoms with Gasteiger partial charge < -0.3 is 24.7 Å². The minimum absolute atomic E-state index is 0.0437. The van der Waals surface area contributed by atoms with Crippen LogP contribution in [0.5, 0.6) is 0 Å². The fourth-order valence-electron chi connectivity index (χ4n) is 2.01. The van der Waals surface area contributed by atoms with E-state index in [2.05, 4.69) is 0 Å². The summed E-state index contributed by atoms with van der Waals surface area (Å²) in [7, 11) is 0. The third-order valence-electron chi connectivity index (χ3n) is 2.72. The van der Waals surface area contributed by atoms with Crippen molar-refractivity contribution in [2.24, 2.45) is 0 Å². The molecule has 2 aliphatic heterocycles. The SMILES string of the molecule is O=C([O-])[C@H]1CS[C@]2(C(=O)[O-])CCC(=O)N12. The van der Waals surface area contributed by atoms with Gasteiger partial charge in [-0.15, -0.1) is 11.8 Å². The van der Waals surface area contributed by atoms with Gasteiger partial charge in [0.2, 0.25) is 5.91 Å². The average molecular weight is 229 g/mol. The number of fused-ring (bicyclic) bond motifs is 1. The third kappa shape index (κ3) is 1.22. The standard InChI is InChI=1S/C8H9NO5S/c10-5-1-2-8(7(13)14)9(5)4(3-15-8)6(11)12/h4H,1-3H2,(H,11,12)(H,13,14)/p-2/t4-,8+/m1/s1. The van der Waals surface area contributed by atoms with Gasteiger partial charge in [0, 0.05) is 12.2 Å². The molecule has 6 nitrogen and oxygen atoms in total. The lowest BCUT2D eigenvalue weighted by molar-refractivity contribution is -0.317. The van der Waals surface area contributed by atoms with Gasteiger partial charge in [0.15, 0.2) is 0 Å². The number of hydrogen-bond donors (Lipinski definition) is 0. The van der Waals surface area contributed by atoms with Crippen LogP contribution in [0.15, 0.2) is 0 Å². The summed E-state index contributed by atoms with van der Waals surface area (Å²) in [4.78, 5) is 32.5. The third-order valence-corrected chi connectivity index (χ3v) is 4.25. The van der Waals surface area contributed by atoms with Gasteiger partial charge in [-0.05, 0) is 6.42 Å². The summed E-state index contributed by atoms with van der Waals surface area (Å²) in [6.07, 6.45) is 0.146. The Kier molecular flexibility index (Phi) is 2.14. The average Bonchev–Trinajstić information content (AvgIpc) is 2.66. The van der Waals surface area contributed by atoms with Crippen LogP contribution in [-0.4, -0.2) is 39.4 Å². The summed E-state index contributed by atoms with van der Waals surface area (Å²) in [5.74, 6) is -3.23. The summed E-state index contributed by atoms with van der Waals surface area (Å²) in [6, 6.07) is -1.15. The largest absolute Gasteiger partial charge is 0.548 e. The minimum atomic E-state index is -1.48. The molecule has 2 saturated heterocycles. The molecule has 0 bridgehead atoms. The number of carbonyl (C=O) groups is 3. The molecule has 0 spiro atoms. The van der Waals surface area contributed by atoms with Crippen LogP contribution < -0.4 is 10.2 Å². The molecule has 15 heavy (non-hydrogen) atoms. The van der Waals surface area contributed by atoms with Crippen molar-refractivity contribution in [1.82, 2.24) is 4.90 Å². The quantitative estimate of drug-likeness (QED) is 0.497. The van der Waals surface area contributed by atoms with Crippen LogP contribution in [0.3, 0.4) is 0 Å². The molecule has 1 amide bonds. The predicted octanol–water partition coefficient (Wildman–Crippen LogP) is -3.08. The molecule has 2 aliphatic rings. The van der Waals surface area contributed by atoms with E-state index in [9.17, 15) is 24.6 Å². The maximum Gasteiger partial charge on any atom is 0.224 e. The first kappa shape index (κ1) is 10.3. The molecule has 82 valence electrons. The molecule has 7 heteroatoms. The first-order chi connectivity index (χ1) is 6.99.